The van der Waals surface area contributed by atoms with Crippen LogP contribution >= 0.6 is 0 Å². The van der Waals surface area contributed by atoms with Crippen molar-refractivity contribution in [3.63, 3.8) is 0 Å². The fourth-order valence-corrected chi connectivity index (χ4v) is 3.26. The van der Waals surface area contributed by atoms with Gasteiger partial charge in [-0.15, -0.1) is 0 Å². The number of nitrogens with zero attached hydrogens (tertiary/aromatic N) is 1. The van der Waals surface area contributed by atoms with Gasteiger partial charge in [-0.3, -0.25) is 9.59 Å². The van der Waals surface area contributed by atoms with Crippen LogP contribution in [0, 0.1) is 5.41 Å². The zero-order chi connectivity index (χ0) is 14.6. The molecule has 2 amide bonds. The topological polar surface area (TPSA) is 61.4 Å². The Morgan fingerprint density at radius 3 is 2.75 bits per heavy atom. The molecule has 1 saturated heterocycles. The minimum absolute atomic E-state index is 0.153. The van der Waals surface area contributed by atoms with Crippen LogP contribution in [-0.2, 0) is 9.59 Å². The molecule has 1 heterocycles. The van der Waals surface area contributed by atoms with Crippen molar-refractivity contribution < 1.29 is 9.59 Å². The van der Waals surface area contributed by atoms with Crippen molar-refractivity contribution in [2.45, 2.75) is 52.0 Å². The molecule has 1 saturated carbocycles. The number of carbonyl (C=O) groups excluding carboxylic acids is 2. The van der Waals surface area contributed by atoms with E-state index in [-0.39, 0.29) is 17.4 Å². The maximum absolute atomic E-state index is 12.2. The van der Waals surface area contributed by atoms with E-state index in [1.165, 1.54) is 6.42 Å². The number of nitrogens with one attached hydrogen (secondary N) is 2. The van der Waals surface area contributed by atoms with E-state index in [0.717, 1.165) is 38.8 Å². The number of amides is 2. The zero-order valence-corrected chi connectivity index (χ0v) is 12.7. The third kappa shape index (κ3) is 4.20. The summed E-state index contributed by atoms with van der Waals surface area (Å²) in [6, 6.07) is 0.153. The van der Waals surface area contributed by atoms with Gasteiger partial charge in [-0.1, -0.05) is 20.3 Å². The average molecular weight is 281 g/mol. The van der Waals surface area contributed by atoms with Gasteiger partial charge >= 0.3 is 11.8 Å². The van der Waals surface area contributed by atoms with E-state index in [0.29, 0.717) is 13.1 Å². The van der Waals surface area contributed by atoms with Crippen molar-refractivity contribution in [3.05, 3.63) is 0 Å². The molecule has 5 nitrogen and oxygen atoms in total. The lowest BCUT2D eigenvalue weighted by atomic mass is 9.75. The van der Waals surface area contributed by atoms with Crippen molar-refractivity contribution in [3.8, 4) is 0 Å². The molecule has 114 valence electrons. The van der Waals surface area contributed by atoms with Gasteiger partial charge in [-0.2, -0.15) is 0 Å². The number of carbonyl (C=O) groups is 2. The Bertz CT molecular complexity index is 360. The molecule has 0 radical (unpaired) electrons. The van der Waals surface area contributed by atoms with Crippen LogP contribution in [0.25, 0.3) is 0 Å². The predicted octanol–water partition coefficient (Wildman–Crippen LogP) is 0.893. The standard InChI is InChI=1S/C15H27N3O2/c1-15(2)6-3-5-12(11-15)17-13(19)14(20)18-9-4-7-16-8-10-18/h12,16H,3-11H2,1-2H3,(H,17,19). The Kier molecular flexibility index (Phi) is 5.02. The van der Waals surface area contributed by atoms with Crippen LogP contribution in [0.15, 0.2) is 0 Å². The lowest BCUT2D eigenvalue weighted by molar-refractivity contribution is -0.146. The van der Waals surface area contributed by atoms with Gasteiger partial charge in [0.25, 0.3) is 0 Å². The molecule has 1 atom stereocenters. The lowest BCUT2D eigenvalue weighted by Gasteiger charge is -2.35. The molecular weight excluding hydrogens is 254 g/mol. The van der Waals surface area contributed by atoms with Crippen LogP contribution in [0.3, 0.4) is 0 Å². The quantitative estimate of drug-likeness (QED) is 0.702. The highest BCUT2D eigenvalue weighted by molar-refractivity contribution is 6.35. The molecule has 1 aliphatic carbocycles. The Balaban J connectivity index is 1.85. The molecule has 2 fully saturated rings. The first-order chi connectivity index (χ1) is 9.48. The summed E-state index contributed by atoms with van der Waals surface area (Å²) in [6.45, 7) is 7.46. The van der Waals surface area contributed by atoms with Gasteiger partial charge in [0.2, 0.25) is 0 Å². The summed E-state index contributed by atoms with van der Waals surface area (Å²) in [7, 11) is 0. The first kappa shape index (κ1) is 15.3. The van der Waals surface area contributed by atoms with E-state index in [4.69, 9.17) is 0 Å². The van der Waals surface area contributed by atoms with Crippen LogP contribution in [0.1, 0.15) is 46.0 Å². The first-order valence-electron chi connectivity index (χ1n) is 7.78. The van der Waals surface area contributed by atoms with Crippen molar-refractivity contribution in [2.24, 2.45) is 5.41 Å². The summed E-state index contributed by atoms with van der Waals surface area (Å²) in [5.74, 6) is -0.785. The van der Waals surface area contributed by atoms with Gasteiger partial charge in [0.05, 0.1) is 0 Å². The third-order valence-corrected chi connectivity index (χ3v) is 4.36. The lowest BCUT2D eigenvalue weighted by Crippen LogP contribution is -2.49. The molecule has 2 aliphatic rings. The summed E-state index contributed by atoms with van der Waals surface area (Å²) in [5.41, 5.74) is 0.270. The number of hydrogen-bond acceptors (Lipinski definition) is 3. The molecule has 0 aromatic carbocycles. The molecular formula is C15H27N3O2. The van der Waals surface area contributed by atoms with Gasteiger partial charge < -0.3 is 15.5 Å². The van der Waals surface area contributed by atoms with E-state index in [2.05, 4.69) is 24.5 Å². The Labute approximate surface area is 121 Å². The highest BCUT2D eigenvalue weighted by Crippen LogP contribution is 2.35. The van der Waals surface area contributed by atoms with Crippen LogP contribution in [0.2, 0.25) is 0 Å². The van der Waals surface area contributed by atoms with Gasteiger partial charge in [0, 0.05) is 25.7 Å². The SMILES string of the molecule is CC1(C)CCCC(NC(=O)C(=O)N2CCCNCC2)C1. The second kappa shape index (κ2) is 6.57. The van der Waals surface area contributed by atoms with Crippen LogP contribution in [0.4, 0.5) is 0 Å². The van der Waals surface area contributed by atoms with E-state index in [1.54, 1.807) is 4.90 Å². The predicted molar refractivity (Wildman–Crippen MR) is 78.2 cm³/mol. The van der Waals surface area contributed by atoms with Gasteiger partial charge in [-0.25, -0.2) is 0 Å². The Morgan fingerprint density at radius 1 is 1.20 bits per heavy atom. The fraction of sp³-hybridized carbons (Fsp3) is 0.867. The van der Waals surface area contributed by atoms with Crippen molar-refractivity contribution in [1.82, 2.24) is 15.5 Å². The third-order valence-electron chi connectivity index (χ3n) is 4.36. The minimum atomic E-state index is -0.422. The smallest absolute Gasteiger partial charge is 0.311 e. The van der Waals surface area contributed by atoms with Crippen molar-refractivity contribution in [1.29, 1.82) is 0 Å². The maximum Gasteiger partial charge on any atom is 0.311 e. The maximum atomic E-state index is 12.2. The molecule has 2 rings (SSSR count). The van der Waals surface area contributed by atoms with Gasteiger partial charge in [0.15, 0.2) is 0 Å². The largest absolute Gasteiger partial charge is 0.345 e. The summed E-state index contributed by atoms with van der Waals surface area (Å²) in [5, 5.41) is 6.18. The molecule has 0 bridgehead atoms. The molecule has 0 aromatic rings. The first-order valence-corrected chi connectivity index (χ1v) is 7.78. The minimum Gasteiger partial charge on any atom is -0.345 e. The van der Waals surface area contributed by atoms with Crippen LogP contribution in [0.5, 0.6) is 0 Å². The number of rotatable bonds is 1. The van der Waals surface area contributed by atoms with E-state index >= 15 is 0 Å². The summed E-state index contributed by atoms with van der Waals surface area (Å²) in [4.78, 5) is 26.0. The summed E-state index contributed by atoms with van der Waals surface area (Å²) in [6.07, 6.45) is 5.19. The summed E-state index contributed by atoms with van der Waals surface area (Å²) >= 11 is 0. The molecule has 2 N–H and O–H groups in total. The van der Waals surface area contributed by atoms with Gasteiger partial charge in [-0.05, 0) is 37.6 Å². The summed E-state index contributed by atoms with van der Waals surface area (Å²) < 4.78 is 0. The van der Waals surface area contributed by atoms with Gasteiger partial charge in [0.1, 0.15) is 0 Å². The second-order valence-corrected chi connectivity index (χ2v) is 6.83. The zero-order valence-electron chi connectivity index (χ0n) is 12.7. The highest BCUT2D eigenvalue weighted by Gasteiger charge is 2.31. The highest BCUT2D eigenvalue weighted by atomic mass is 16.2. The fourth-order valence-electron chi connectivity index (χ4n) is 3.26. The number of hydrogen-bond donors (Lipinski definition) is 2. The van der Waals surface area contributed by atoms with Crippen molar-refractivity contribution in [2.75, 3.05) is 26.2 Å². The Hall–Kier alpha value is -1.10. The van der Waals surface area contributed by atoms with E-state index in [1.807, 2.05) is 0 Å². The van der Waals surface area contributed by atoms with Crippen molar-refractivity contribution >= 4 is 11.8 Å². The normalized spacial score (nSPS) is 26.7. The van der Waals surface area contributed by atoms with Crippen LogP contribution in [-0.4, -0.2) is 48.9 Å². The molecule has 0 aromatic heterocycles. The molecule has 20 heavy (non-hydrogen) atoms. The van der Waals surface area contributed by atoms with E-state index < -0.39 is 5.91 Å². The molecule has 1 unspecified atom stereocenters. The van der Waals surface area contributed by atoms with E-state index in [9.17, 15) is 9.59 Å². The molecule has 0 spiro atoms. The second-order valence-electron chi connectivity index (χ2n) is 6.83. The van der Waals surface area contributed by atoms with Crippen LogP contribution < -0.4 is 10.6 Å². The Morgan fingerprint density at radius 2 is 2.00 bits per heavy atom. The monoisotopic (exact) mass is 281 g/mol. The molecule has 1 aliphatic heterocycles. The molecule has 5 heteroatoms. The average Bonchev–Trinajstić information content (AvgIpc) is 2.65.